The van der Waals surface area contributed by atoms with Gasteiger partial charge in [-0.1, -0.05) is 30.3 Å². The summed E-state index contributed by atoms with van der Waals surface area (Å²) in [5, 5.41) is 0. The zero-order chi connectivity index (χ0) is 17.5. The Morgan fingerprint density at radius 1 is 1.04 bits per heavy atom. The molecule has 1 aromatic heterocycles. The van der Waals surface area contributed by atoms with Gasteiger partial charge in [0.15, 0.2) is 0 Å². The second kappa shape index (κ2) is 6.02. The van der Waals surface area contributed by atoms with E-state index in [-0.39, 0.29) is 5.91 Å². The first-order valence-electron chi connectivity index (χ1n) is 8.96. The van der Waals surface area contributed by atoms with Crippen molar-refractivity contribution in [2.24, 2.45) is 0 Å². The van der Waals surface area contributed by atoms with Crippen molar-refractivity contribution >= 4 is 5.91 Å². The molecule has 1 amide bonds. The molecular weight excluding hydrogens is 326 g/mol. The van der Waals surface area contributed by atoms with Crippen molar-refractivity contribution < 1.29 is 9.53 Å². The maximum atomic E-state index is 13.1. The molecule has 0 spiro atoms. The summed E-state index contributed by atoms with van der Waals surface area (Å²) in [6, 6.07) is 16.0. The van der Waals surface area contributed by atoms with Crippen LogP contribution in [-0.4, -0.2) is 33.5 Å². The number of fused-ring (bicyclic) bond motifs is 2. The fraction of sp³-hybridized carbons (Fsp3) is 0.238. The summed E-state index contributed by atoms with van der Waals surface area (Å²) in [5.41, 5.74) is 5.07. The van der Waals surface area contributed by atoms with E-state index in [1.54, 1.807) is 0 Å². The molecule has 0 atom stereocenters. The van der Waals surface area contributed by atoms with E-state index >= 15 is 0 Å². The van der Waals surface area contributed by atoms with Crippen molar-refractivity contribution in [1.82, 2.24) is 14.5 Å². The van der Waals surface area contributed by atoms with E-state index < -0.39 is 0 Å². The lowest BCUT2D eigenvalue weighted by Crippen LogP contribution is -2.36. The van der Waals surface area contributed by atoms with Gasteiger partial charge in [-0.2, -0.15) is 0 Å². The first-order chi connectivity index (χ1) is 12.8. The molecule has 5 nitrogen and oxygen atoms in total. The van der Waals surface area contributed by atoms with Crippen LogP contribution in [0.2, 0.25) is 0 Å². The third-order valence-corrected chi connectivity index (χ3v) is 5.18. The fourth-order valence-electron chi connectivity index (χ4n) is 3.85. The first-order valence-corrected chi connectivity index (χ1v) is 8.96. The average molecular weight is 345 g/mol. The molecule has 2 aromatic carbocycles. The van der Waals surface area contributed by atoms with E-state index in [1.165, 1.54) is 5.69 Å². The van der Waals surface area contributed by atoms with Crippen molar-refractivity contribution in [3.05, 3.63) is 77.4 Å². The van der Waals surface area contributed by atoms with Crippen molar-refractivity contribution in [2.45, 2.75) is 19.4 Å². The molecule has 2 aliphatic rings. The maximum Gasteiger partial charge on any atom is 0.257 e. The molecule has 0 fully saturated rings. The highest BCUT2D eigenvalue weighted by Gasteiger charge is 2.28. The van der Waals surface area contributed by atoms with Crippen LogP contribution in [0.5, 0.6) is 5.75 Å². The smallest absolute Gasteiger partial charge is 0.257 e. The Kier molecular flexibility index (Phi) is 3.52. The largest absolute Gasteiger partial charge is 0.492 e. The quantitative estimate of drug-likeness (QED) is 0.717. The van der Waals surface area contributed by atoms with Crippen LogP contribution in [0.1, 0.15) is 27.3 Å². The van der Waals surface area contributed by atoms with Crippen LogP contribution in [0.4, 0.5) is 0 Å². The van der Waals surface area contributed by atoms with E-state index in [0.717, 1.165) is 35.5 Å². The molecule has 2 aliphatic heterocycles. The van der Waals surface area contributed by atoms with E-state index in [1.807, 2.05) is 47.6 Å². The minimum absolute atomic E-state index is 0.0312. The van der Waals surface area contributed by atoms with E-state index in [9.17, 15) is 4.79 Å². The highest BCUT2D eigenvalue weighted by Crippen LogP contribution is 2.31. The lowest BCUT2D eigenvalue weighted by molar-refractivity contribution is 0.0728. The lowest BCUT2D eigenvalue weighted by atomic mass is 10.1. The molecule has 5 heteroatoms. The molecule has 26 heavy (non-hydrogen) atoms. The van der Waals surface area contributed by atoms with Crippen molar-refractivity contribution in [3.63, 3.8) is 0 Å². The van der Waals surface area contributed by atoms with Gasteiger partial charge in [0.25, 0.3) is 5.91 Å². The van der Waals surface area contributed by atoms with Gasteiger partial charge in [0.2, 0.25) is 0 Å². The minimum atomic E-state index is 0.0312. The van der Waals surface area contributed by atoms with E-state index in [2.05, 4.69) is 21.7 Å². The number of rotatable bonds is 2. The lowest BCUT2D eigenvalue weighted by Gasteiger charge is -2.27. The van der Waals surface area contributed by atoms with Crippen LogP contribution in [0.25, 0.3) is 5.69 Å². The Balaban J connectivity index is 1.43. The molecule has 130 valence electrons. The van der Waals surface area contributed by atoms with Crippen LogP contribution in [-0.2, 0) is 19.4 Å². The van der Waals surface area contributed by atoms with Crippen molar-refractivity contribution in [2.75, 3.05) is 13.2 Å². The minimum Gasteiger partial charge on any atom is -0.492 e. The Hall–Kier alpha value is -3.08. The Morgan fingerprint density at radius 2 is 1.92 bits per heavy atom. The summed E-state index contributed by atoms with van der Waals surface area (Å²) in [7, 11) is 0. The van der Waals surface area contributed by atoms with Crippen LogP contribution < -0.4 is 4.74 Å². The third-order valence-electron chi connectivity index (χ3n) is 5.18. The van der Waals surface area contributed by atoms with Gasteiger partial charge >= 0.3 is 0 Å². The first kappa shape index (κ1) is 15.2. The molecule has 0 radical (unpaired) electrons. The summed E-state index contributed by atoms with van der Waals surface area (Å²) >= 11 is 0. The van der Waals surface area contributed by atoms with Gasteiger partial charge in [0.05, 0.1) is 30.7 Å². The molecule has 0 saturated carbocycles. The van der Waals surface area contributed by atoms with Gasteiger partial charge in [-0.15, -0.1) is 0 Å². The normalized spacial score (nSPS) is 15.3. The Labute approximate surface area is 151 Å². The topological polar surface area (TPSA) is 47.4 Å². The molecule has 3 aromatic rings. The molecule has 0 saturated heterocycles. The third kappa shape index (κ3) is 2.39. The number of benzene rings is 2. The highest BCUT2D eigenvalue weighted by molar-refractivity contribution is 5.97. The van der Waals surface area contributed by atoms with E-state index in [0.29, 0.717) is 25.3 Å². The number of ether oxygens (including phenoxy) is 1. The average Bonchev–Trinajstić information content (AvgIpc) is 3.34. The van der Waals surface area contributed by atoms with Gasteiger partial charge in [0, 0.05) is 30.8 Å². The van der Waals surface area contributed by atoms with Gasteiger partial charge in [0.1, 0.15) is 5.75 Å². The number of carbonyl (C=O) groups excluding carboxylic acids is 1. The van der Waals surface area contributed by atoms with Gasteiger partial charge < -0.3 is 14.2 Å². The number of nitrogens with zero attached hydrogens (tertiary/aromatic N) is 3. The Morgan fingerprint density at radius 3 is 2.81 bits per heavy atom. The fourth-order valence-corrected chi connectivity index (χ4v) is 3.85. The van der Waals surface area contributed by atoms with Crippen LogP contribution >= 0.6 is 0 Å². The van der Waals surface area contributed by atoms with Gasteiger partial charge in [-0.3, -0.25) is 4.79 Å². The number of imidazole rings is 1. The van der Waals surface area contributed by atoms with Crippen molar-refractivity contribution in [3.8, 4) is 11.4 Å². The molecule has 5 rings (SSSR count). The predicted molar refractivity (Wildman–Crippen MR) is 97.6 cm³/mol. The maximum absolute atomic E-state index is 13.1. The predicted octanol–water partition coefficient (Wildman–Crippen LogP) is 3.01. The summed E-state index contributed by atoms with van der Waals surface area (Å²) < 4.78 is 7.83. The summed E-state index contributed by atoms with van der Waals surface area (Å²) in [5.74, 6) is 0.793. The molecule has 3 heterocycles. The molecule has 0 unspecified atom stereocenters. The number of amides is 1. The number of para-hydroxylation sites is 2. The highest BCUT2D eigenvalue weighted by atomic mass is 16.5. The van der Waals surface area contributed by atoms with Crippen molar-refractivity contribution in [1.29, 1.82) is 0 Å². The van der Waals surface area contributed by atoms with E-state index in [4.69, 9.17) is 4.74 Å². The second-order valence-electron chi connectivity index (χ2n) is 6.71. The Bertz CT molecular complexity index is 978. The van der Waals surface area contributed by atoms with Crippen LogP contribution in [0.3, 0.4) is 0 Å². The van der Waals surface area contributed by atoms with Gasteiger partial charge in [-0.05, 0) is 23.8 Å². The summed E-state index contributed by atoms with van der Waals surface area (Å²) in [6.07, 6.45) is 3.53. The number of aromatic nitrogens is 2. The number of hydrogen-bond donors (Lipinski definition) is 0. The molecule has 0 aliphatic carbocycles. The molecular formula is C21H19N3O2. The second-order valence-corrected chi connectivity index (χ2v) is 6.71. The number of hydrogen-bond acceptors (Lipinski definition) is 3. The standard InChI is InChI=1S/C21H19N3O2/c25-21(17-8-4-5-15-10-12-26-20(15)17)23-11-9-19-18(13-23)22-14-24(19)16-6-2-1-3-7-16/h1-8,14H,9-13H2. The van der Waals surface area contributed by atoms with Gasteiger partial charge in [-0.25, -0.2) is 4.98 Å². The summed E-state index contributed by atoms with van der Waals surface area (Å²) in [6.45, 7) is 1.89. The summed E-state index contributed by atoms with van der Waals surface area (Å²) in [4.78, 5) is 19.5. The number of carbonyl (C=O) groups is 1. The zero-order valence-corrected chi connectivity index (χ0v) is 14.4. The SMILES string of the molecule is O=C(c1cccc2c1OCC2)N1CCc2c(ncn2-c2ccccc2)C1. The zero-order valence-electron chi connectivity index (χ0n) is 14.4. The van der Waals surface area contributed by atoms with Crippen LogP contribution in [0.15, 0.2) is 54.9 Å². The molecule has 0 bridgehead atoms. The van der Waals surface area contributed by atoms with Crippen LogP contribution in [0, 0.1) is 0 Å². The monoisotopic (exact) mass is 345 g/mol. The molecule has 0 N–H and O–H groups in total.